The molecule has 0 atom stereocenters. The number of rotatable bonds is 9. The second-order valence-electron chi connectivity index (χ2n) is 9.73. The van der Waals surface area contributed by atoms with Crippen LogP contribution in [0.15, 0.2) is 48.6 Å². The highest BCUT2D eigenvalue weighted by molar-refractivity contribution is 5.26. The van der Waals surface area contributed by atoms with Gasteiger partial charge in [-0.1, -0.05) is 55.8 Å². The van der Waals surface area contributed by atoms with E-state index in [2.05, 4.69) is 49.4 Å². The van der Waals surface area contributed by atoms with Crippen LogP contribution in [0.4, 0.5) is 0 Å². The van der Waals surface area contributed by atoms with E-state index in [1.54, 1.807) is 11.6 Å². The lowest BCUT2D eigenvalue weighted by molar-refractivity contribution is 0.295. The van der Waals surface area contributed by atoms with Crippen molar-refractivity contribution in [2.75, 3.05) is 0 Å². The van der Waals surface area contributed by atoms with E-state index in [1.807, 2.05) is 6.08 Å². The van der Waals surface area contributed by atoms with Gasteiger partial charge in [-0.15, -0.1) is 0 Å². The summed E-state index contributed by atoms with van der Waals surface area (Å²) in [7, 11) is 0. The molecule has 2 saturated carbocycles. The van der Waals surface area contributed by atoms with E-state index in [9.17, 15) is 0 Å². The van der Waals surface area contributed by atoms with Crippen molar-refractivity contribution in [1.82, 2.24) is 0 Å². The second-order valence-corrected chi connectivity index (χ2v) is 9.73. The van der Waals surface area contributed by atoms with E-state index in [0.717, 1.165) is 30.1 Å². The van der Waals surface area contributed by atoms with E-state index in [1.165, 1.54) is 82.6 Å². The molecule has 0 unspecified atom stereocenters. The Hall–Kier alpha value is -1.81. The topological polar surface area (TPSA) is 23.8 Å². The van der Waals surface area contributed by atoms with Crippen molar-refractivity contribution in [1.29, 1.82) is 5.26 Å². The third-order valence-corrected chi connectivity index (χ3v) is 7.52. The fourth-order valence-electron chi connectivity index (χ4n) is 5.43. The standard InChI is InChI=1S/C29H41N/c1-2-3-7-24-15-19-28(20-16-24)29-21-17-27(18-22-29)14-13-26-11-9-25(10-12-26)8-5-4-6-23-30/h4,6,13-16,19-20,25-27,29H,2-3,5,7-12,17-18,21-22H2,1H3. The predicted octanol–water partition coefficient (Wildman–Crippen LogP) is 8.53. The normalized spacial score (nSPS) is 27.5. The van der Waals surface area contributed by atoms with Crippen molar-refractivity contribution in [2.24, 2.45) is 17.8 Å². The van der Waals surface area contributed by atoms with Crippen LogP contribution in [0.3, 0.4) is 0 Å². The van der Waals surface area contributed by atoms with Gasteiger partial charge in [0.05, 0.1) is 6.07 Å². The molecule has 0 saturated heterocycles. The number of allylic oxidation sites excluding steroid dienone is 4. The van der Waals surface area contributed by atoms with Crippen molar-refractivity contribution >= 4 is 0 Å². The zero-order valence-electron chi connectivity index (χ0n) is 19.1. The van der Waals surface area contributed by atoms with Gasteiger partial charge in [-0.2, -0.15) is 5.26 Å². The zero-order valence-corrected chi connectivity index (χ0v) is 19.1. The summed E-state index contributed by atoms with van der Waals surface area (Å²) in [6, 6.07) is 11.6. The monoisotopic (exact) mass is 403 g/mol. The average Bonchev–Trinajstić information content (AvgIpc) is 2.81. The van der Waals surface area contributed by atoms with Gasteiger partial charge in [0.1, 0.15) is 0 Å². The third-order valence-electron chi connectivity index (χ3n) is 7.52. The average molecular weight is 404 g/mol. The summed E-state index contributed by atoms with van der Waals surface area (Å²) >= 11 is 0. The largest absolute Gasteiger partial charge is 0.193 e. The molecule has 0 spiro atoms. The van der Waals surface area contributed by atoms with Crippen LogP contribution >= 0.6 is 0 Å². The van der Waals surface area contributed by atoms with Gasteiger partial charge in [-0.3, -0.25) is 0 Å². The maximum Gasteiger partial charge on any atom is 0.0908 e. The highest BCUT2D eigenvalue weighted by Crippen LogP contribution is 2.38. The quantitative estimate of drug-likeness (QED) is 0.299. The van der Waals surface area contributed by atoms with Crippen molar-refractivity contribution in [2.45, 2.75) is 96.3 Å². The first-order valence-electron chi connectivity index (χ1n) is 12.6. The molecule has 162 valence electrons. The minimum absolute atomic E-state index is 0.778. The molecule has 0 N–H and O–H groups in total. The lowest BCUT2D eigenvalue weighted by Gasteiger charge is -2.29. The minimum Gasteiger partial charge on any atom is -0.193 e. The number of nitrogens with zero attached hydrogens (tertiary/aromatic N) is 1. The first-order chi connectivity index (χ1) is 14.8. The van der Waals surface area contributed by atoms with Gasteiger partial charge in [-0.05, 0) is 112 Å². The van der Waals surface area contributed by atoms with Crippen LogP contribution in [0.5, 0.6) is 0 Å². The third kappa shape index (κ3) is 7.46. The van der Waals surface area contributed by atoms with Gasteiger partial charge < -0.3 is 0 Å². The Morgan fingerprint density at radius 3 is 2.13 bits per heavy atom. The molecule has 0 bridgehead atoms. The number of hydrogen-bond acceptors (Lipinski definition) is 1. The Morgan fingerprint density at radius 1 is 0.900 bits per heavy atom. The molecule has 3 rings (SSSR count). The lowest BCUT2D eigenvalue weighted by atomic mass is 9.76. The minimum atomic E-state index is 0.778. The van der Waals surface area contributed by atoms with Crippen LogP contribution < -0.4 is 0 Å². The Bertz CT molecular complexity index is 689. The molecule has 2 fully saturated rings. The number of aryl methyl sites for hydroxylation is 1. The van der Waals surface area contributed by atoms with Crippen LogP contribution in [-0.4, -0.2) is 0 Å². The maximum absolute atomic E-state index is 8.57. The molecule has 1 nitrogen and oxygen atoms in total. The van der Waals surface area contributed by atoms with Crippen molar-refractivity contribution in [3.8, 4) is 6.07 Å². The summed E-state index contributed by atoms with van der Waals surface area (Å²) in [5, 5.41) is 8.57. The van der Waals surface area contributed by atoms with E-state index < -0.39 is 0 Å². The first kappa shape index (κ1) is 22.9. The molecular weight excluding hydrogens is 362 g/mol. The predicted molar refractivity (Wildman–Crippen MR) is 128 cm³/mol. The van der Waals surface area contributed by atoms with Gasteiger partial charge in [0.25, 0.3) is 0 Å². The summed E-state index contributed by atoms with van der Waals surface area (Å²) in [4.78, 5) is 0. The van der Waals surface area contributed by atoms with Crippen LogP contribution in [0, 0.1) is 29.1 Å². The highest BCUT2D eigenvalue weighted by atomic mass is 14.3. The molecule has 0 amide bonds. The van der Waals surface area contributed by atoms with Crippen molar-refractivity contribution in [3.05, 3.63) is 59.7 Å². The highest BCUT2D eigenvalue weighted by Gasteiger charge is 2.22. The van der Waals surface area contributed by atoms with E-state index >= 15 is 0 Å². The summed E-state index contributed by atoms with van der Waals surface area (Å²) in [5.74, 6) is 3.27. The van der Waals surface area contributed by atoms with Gasteiger partial charge in [0.2, 0.25) is 0 Å². The van der Waals surface area contributed by atoms with Gasteiger partial charge >= 0.3 is 0 Å². The number of unbranched alkanes of at least 4 members (excludes halogenated alkanes) is 1. The summed E-state index contributed by atoms with van der Waals surface area (Å²) in [5.41, 5.74) is 3.08. The molecule has 1 aromatic carbocycles. The second kappa shape index (κ2) is 12.8. The zero-order chi connectivity index (χ0) is 21.0. The van der Waals surface area contributed by atoms with E-state index in [4.69, 9.17) is 5.26 Å². The molecule has 0 aliphatic heterocycles. The molecule has 2 aliphatic rings. The molecule has 2 aliphatic carbocycles. The van der Waals surface area contributed by atoms with Crippen LogP contribution in [0.1, 0.15) is 101 Å². The molecule has 1 heteroatoms. The SMILES string of the molecule is CCCCc1ccc(C2CCC(C=CC3CCC(CCC=CC#N)CC3)CC2)cc1. The summed E-state index contributed by atoms with van der Waals surface area (Å²) < 4.78 is 0. The van der Waals surface area contributed by atoms with Gasteiger partial charge in [0, 0.05) is 6.08 Å². The van der Waals surface area contributed by atoms with Crippen LogP contribution in [0.2, 0.25) is 0 Å². The summed E-state index contributed by atoms with van der Waals surface area (Å²) in [6.07, 6.45) is 25.9. The number of nitriles is 1. The molecule has 1 aromatic rings. The van der Waals surface area contributed by atoms with Crippen LogP contribution in [-0.2, 0) is 6.42 Å². The fourth-order valence-corrected chi connectivity index (χ4v) is 5.43. The Kier molecular flexibility index (Phi) is 9.75. The molecule has 0 heterocycles. The fraction of sp³-hybridized carbons (Fsp3) is 0.621. The lowest BCUT2D eigenvalue weighted by Crippen LogP contribution is -2.14. The number of benzene rings is 1. The number of hydrogen-bond donors (Lipinski definition) is 0. The Balaban J connectivity index is 1.35. The summed E-state index contributed by atoms with van der Waals surface area (Å²) in [6.45, 7) is 2.27. The smallest absolute Gasteiger partial charge is 0.0908 e. The van der Waals surface area contributed by atoms with Crippen molar-refractivity contribution in [3.63, 3.8) is 0 Å². The Morgan fingerprint density at radius 2 is 1.53 bits per heavy atom. The van der Waals surface area contributed by atoms with E-state index in [0.29, 0.717) is 0 Å². The maximum atomic E-state index is 8.57. The first-order valence-corrected chi connectivity index (χ1v) is 12.6. The van der Waals surface area contributed by atoms with Gasteiger partial charge in [-0.25, -0.2) is 0 Å². The molecule has 0 aromatic heterocycles. The Labute approximate surface area is 185 Å². The molecule has 0 radical (unpaired) electrons. The van der Waals surface area contributed by atoms with E-state index in [-0.39, 0.29) is 0 Å². The molecule has 30 heavy (non-hydrogen) atoms. The van der Waals surface area contributed by atoms with Crippen molar-refractivity contribution < 1.29 is 0 Å². The molecular formula is C29H41N. The van der Waals surface area contributed by atoms with Gasteiger partial charge in [0.15, 0.2) is 0 Å². The van der Waals surface area contributed by atoms with Crippen LogP contribution in [0.25, 0.3) is 0 Å².